The van der Waals surface area contributed by atoms with E-state index in [1.54, 1.807) is 6.92 Å². The maximum atomic E-state index is 12.2. The van der Waals surface area contributed by atoms with Gasteiger partial charge in [-0.25, -0.2) is 8.42 Å². The number of nitro benzene ring substituents is 1. The first-order valence-electron chi connectivity index (χ1n) is 5.78. The molecule has 1 aromatic carbocycles. The van der Waals surface area contributed by atoms with Crippen LogP contribution in [0.1, 0.15) is 5.56 Å². The number of pyridine rings is 1. The van der Waals surface area contributed by atoms with E-state index < -0.39 is 14.9 Å². The molecule has 0 aliphatic rings. The van der Waals surface area contributed by atoms with Gasteiger partial charge in [0.1, 0.15) is 4.90 Å². The average molecular weight is 308 g/mol. The van der Waals surface area contributed by atoms with Crippen molar-refractivity contribution in [1.82, 2.24) is 4.98 Å². The highest BCUT2D eigenvalue weighted by molar-refractivity contribution is 7.92. The molecule has 21 heavy (non-hydrogen) atoms. The molecule has 8 nitrogen and oxygen atoms in total. The third kappa shape index (κ3) is 3.08. The largest absolute Gasteiger partial charge is 0.398 e. The molecule has 0 unspecified atom stereocenters. The van der Waals surface area contributed by atoms with Crippen molar-refractivity contribution in [2.24, 2.45) is 0 Å². The number of hydrogen-bond donors (Lipinski definition) is 2. The van der Waals surface area contributed by atoms with E-state index in [1.165, 1.54) is 30.5 Å². The highest BCUT2D eigenvalue weighted by Crippen LogP contribution is 2.25. The van der Waals surface area contributed by atoms with Crippen molar-refractivity contribution in [2.45, 2.75) is 11.8 Å². The van der Waals surface area contributed by atoms with Crippen molar-refractivity contribution in [1.29, 1.82) is 0 Å². The SMILES string of the molecule is Cc1cc([N+](=O)[O-])ccc1NS(=O)(=O)c1cnccc1N. The van der Waals surface area contributed by atoms with Crippen LogP contribution in [0.5, 0.6) is 0 Å². The number of benzene rings is 1. The molecular formula is C12H12N4O4S. The molecule has 1 heterocycles. The number of nitrogens with zero attached hydrogens (tertiary/aromatic N) is 2. The number of aryl methyl sites for hydroxylation is 1. The lowest BCUT2D eigenvalue weighted by molar-refractivity contribution is -0.384. The first-order valence-corrected chi connectivity index (χ1v) is 7.27. The Morgan fingerprint density at radius 2 is 2.05 bits per heavy atom. The molecule has 0 aliphatic carbocycles. The van der Waals surface area contributed by atoms with Crippen molar-refractivity contribution in [3.63, 3.8) is 0 Å². The number of nitrogens with one attached hydrogen (secondary N) is 1. The molecule has 0 fully saturated rings. The Morgan fingerprint density at radius 1 is 1.33 bits per heavy atom. The summed E-state index contributed by atoms with van der Waals surface area (Å²) in [5.74, 6) is 0. The van der Waals surface area contributed by atoms with E-state index in [0.29, 0.717) is 5.56 Å². The van der Waals surface area contributed by atoms with Gasteiger partial charge in [-0.15, -0.1) is 0 Å². The average Bonchev–Trinajstić information content (AvgIpc) is 2.41. The summed E-state index contributed by atoms with van der Waals surface area (Å²) in [7, 11) is -3.91. The van der Waals surface area contributed by atoms with Crippen molar-refractivity contribution >= 4 is 27.1 Å². The molecule has 0 amide bonds. The topological polar surface area (TPSA) is 128 Å². The molecule has 9 heteroatoms. The van der Waals surface area contributed by atoms with Crippen LogP contribution in [0.2, 0.25) is 0 Å². The zero-order chi connectivity index (χ0) is 15.6. The minimum Gasteiger partial charge on any atom is -0.398 e. The predicted molar refractivity (Wildman–Crippen MR) is 77.3 cm³/mol. The zero-order valence-electron chi connectivity index (χ0n) is 11.0. The molecule has 2 aromatic rings. The summed E-state index contributed by atoms with van der Waals surface area (Å²) in [6, 6.07) is 5.21. The van der Waals surface area contributed by atoms with E-state index in [1.807, 2.05) is 0 Å². The number of nitrogen functional groups attached to an aromatic ring is 1. The predicted octanol–water partition coefficient (Wildman–Crippen LogP) is 1.68. The van der Waals surface area contributed by atoms with E-state index in [0.717, 1.165) is 6.20 Å². The third-order valence-electron chi connectivity index (χ3n) is 2.77. The van der Waals surface area contributed by atoms with Gasteiger partial charge in [-0.05, 0) is 24.6 Å². The van der Waals surface area contributed by atoms with Gasteiger partial charge >= 0.3 is 0 Å². The van der Waals surface area contributed by atoms with E-state index >= 15 is 0 Å². The van der Waals surface area contributed by atoms with Gasteiger partial charge < -0.3 is 5.73 Å². The minimum absolute atomic E-state index is 0.0667. The highest BCUT2D eigenvalue weighted by atomic mass is 32.2. The van der Waals surface area contributed by atoms with Crippen LogP contribution in [0.15, 0.2) is 41.6 Å². The Morgan fingerprint density at radius 3 is 2.62 bits per heavy atom. The van der Waals surface area contributed by atoms with Crippen LogP contribution in [0.25, 0.3) is 0 Å². The number of nitro groups is 1. The minimum atomic E-state index is -3.91. The maximum Gasteiger partial charge on any atom is 0.269 e. The molecule has 1 aromatic heterocycles. The Labute approximate surface area is 120 Å². The molecular weight excluding hydrogens is 296 g/mol. The number of anilines is 2. The van der Waals surface area contributed by atoms with Crippen LogP contribution in [-0.2, 0) is 10.0 Å². The van der Waals surface area contributed by atoms with Gasteiger partial charge in [0.15, 0.2) is 0 Å². The molecule has 0 radical (unpaired) electrons. The van der Waals surface area contributed by atoms with Crippen molar-refractivity contribution in [2.75, 3.05) is 10.5 Å². The molecule has 0 atom stereocenters. The fourth-order valence-electron chi connectivity index (χ4n) is 1.69. The van der Waals surface area contributed by atoms with Crippen LogP contribution in [0.4, 0.5) is 17.1 Å². The summed E-state index contributed by atoms with van der Waals surface area (Å²) in [6.07, 6.45) is 2.52. The number of non-ortho nitro benzene ring substituents is 1. The summed E-state index contributed by atoms with van der Waals surface area (Å²) in [6.45, 7) is 1.57. The van der Waals surface area contributed by atoms with E-state index in [2.05, 4.69) is 9.71 Å². The second-order valence-corrected chi connectivity index (χ2v) is 5.93. The fraction of sp³-hybridized carbons (Fsp3) is 0.0833. The number of nitrogens with two attached hydrogens (primary N) is 1. The lowest BCUT2D eigenvalue weighted by atomic mass is 10.2. The maximum absolute atomic E-state index is 12.2. The molecule has 0 aliphatic heterocycles. The molecule has 0 spiro atoms. The quantitative estimate of drug-likeness (QED) is 0.653. The summed E-state index contributed by atoms with van der Waals surface area (Å²) in [4.78, 5) is 13.7. The number of hydrogen-bond acceptors (Lipinski definition) is 6. The Kier molecular flexibility index (Phi) is 3.76. The Hall–Kier alpha value is -2.68. The Bertz CT molecular complexity index is 805. The standard InChI is InChI=1S/C12H12N4O4S/c1-8-6-9(16(17)18)2-3-11(8)15-21(19,20)12-7-14-5-4-10(12)13/h2-7,15H,1H3,(H2,13,14). The van der Waals surface area contributed by atoms with Crippen LogP contribution in [-0.4, -0.2) is 18.3 Å². The van der Waals surface area contributed by atoms with Gasteiger partial charge in [-0.2, -0.15) is 0 Å². The Balaban J connectivity index is 2.38. The smallest absolute Gasteiger partial charge is 0.269 e. The fourth-order valence-corrected chi connectivity index (χ4v) is 2.90. The molecule has 0 saturated heterocycles. The second-order valence-electron chi connectivity index (χ2n) is 4.28. The molecule has 3 N–H and O–H groups in total. The van der Waals surface area contributed by atoms with Gasteiger partial charge in [0.2, 0.25) is 0 Å². The van der Waals surface area contributed by atoms with Crippen LogP contribution in [0, 0.1) is 17.0 Å². The van der Waals surface area contributed by atoms with Gasteiger partial charge in [-0.3, -0.25) is 19.8 Å². The van der Waals surface area contributed by atoms with Gasteiger partial charge in [0.25, 0.3) is 15.7 Å². The number of rotatable bonds is 4. The second kappa shape index (κ2) is 5.37. The normalized spacial score (nSPS) is 11.1. The third-order valence-corrected chi connectivity index (χ3v) is 4.18. The first-order chi connectivity index (χ1) is 9.81. The molecule has 0 bridgehead atoms. The first kappa shape index (κ1) is 14.7. The monoisotopic (exact) mass is 308 g/mol. The molecule has 2 rings (SSSR count). The van der Waals surface area contributed by atoms with Crippen LogP contribution >= 0.6 is 0 Å². The van der Waals surface area contributed by atoms with E-state index in [-0.39, 0.29) is 22.0 Å². The molecule has 0 saturated carbocycles. The van der Waals surface area contributed by atoms with Gasteiger partial charge in [0.05, 0.1) is 16.3 Å². The van der Waals surface area contributed by atoms with Crippen molar-refractivity contribution in [3.05, 3.63) is 52.3 Å². The number of sulfonamides is 1. The van der Waals surface area contributed by atoms with Crippen molar-refractivity contribution < 1.29 is 13.3 Å². The number of aromatic nitrogens is 1. The highest BCUT2D eigenvalue weighted by Gasteiger charge is 2.19. The lowest BCUT2D eigenvalue weighted by Gasteiger charge is -2.11. The lowest BCUT2D eigenvalue weighted by Crippen LogP contribution is -2.15. The van der Waals surface area contributed by atoms with Gasteiger partial charge in [0, 0.05) is 24.5 Å². The van der Waals surface area contributed by atoms with E-state index in [4.69, 9.17) is 5.73 Å². The van der Waals surface area contributed by atoms with Crippen molar-refractivity contribution in [3.8, 4) is 0 Å². The summed E-state index contributed by atoms with van der Waals surface area (Å²) in [5.41, 5.74) is 6.23. The summed E-state index contributed by atoms with van der Waals surface area (Å²) < 4.78 is 26.8. The zero-order valence-corrected chi connectivity index (χ0v) is 11.8. The van der Waals surface area contributed by atoms with Gasteiger partial charge in [-0.1, -0.05) is 0 Å². The summed E-state index contributed by atoms with van der Waals surface area (Å²) in [5, 5.41) is 10.7. The molecule has 110 valence electrons. The van der Waals surface area contributed by atoms with E-state index in [9.17, 15) is 18.5 Å². The van der Waals surface area contributed by atoms with Crippen LogP contribution < -0.4 is 10.5 Å². The summed E-state index contributed by atoms with van der Waals surface area (Å²) >= 11 is 0. The van der Waals surface area contributed by atoms with Crippen LogP contribution in [0.3, 0.4) is 0 Å².